The summed E-state index contributed by atoms with van der Waals surface area (Å²) in [4.78, 5) is 24.3. The van der Waals surface area contributed by atoms with Crippen molar-refractivity contribution in [2.75, 3.05) is 25.9 Å². The average molecular weight is 435 g/mol. The number of hydrogen-bond acceptors (Lipinski definition) is 5. The van der Waals surface area contributed by atoms with E-state index in [-0.39, 0.29) is 24.8 Å². The number of ether oxygens (including phenoxy) is 1. The van der Waals surface area contributed by atoms with E-state index in [2.05, 4.69) is 10.1 Å². The Morgan fingerprint density at radius 1 is 1.14 bits per heavy atom. The first-order chi connectivity index (χ1) is 13.5. The van der Waals surface area contributed by atoms with Crippen LogP contribution in [0.3, 0.4) is 0 Å². The summed E-state index contributed by atoms with van der Waals surface area (Å²) in [6.07, 6.45) is -3.77. The minimum atomic E-state index is -4.75. The molecule has 0 saturated carbocycles. The fourth-order valence-electron chi connectivity index (χ4n) is 3.50. The molecule has 2 aliphatic heterocycles. The topological polar surface area (TPSA) is 96.0 Å². The number of amides is 3. The molecule has 2 fully saturated rings. The zero-order valence-electron chi connectivity index (χ0n) is 15.5. The quantitative estimate of drug-likeness (QED) is 0.710. The molecule has 2 aliphatic rings. The number of urea groups is 1. The molecule has 0 unspecified atom stereocenters. The van der Waals surface area contributed by atoms with E-state index in [1.807, 2.05) is 0 Å². The zero-order valence-corrected chi connectivity index (χ0v) is 16.3. The van der Waals surface area contributed by atoms with Gasteiger partial charge in [0.25, 0.3) is 5.91 Å². The van der Waals surface area contributed by atoms with Crippen molar-refractivity contribution >= 4 is 22.0 Å². The Kier molecular flexibility index (Phi) is 5.77. The molecule has 2 heterocycles. The number of rotatable bonds is 5. The predicted molar refractivity (Wildman–Crippen MR) is 95.5 cm³/mol. The lowest BCUT2D eigenvalue weighted by molar-refractivity contribution is -0.274. The maximum Gasteiger partial charge on any atom is 0.573 e. The summed E-state index contributed by atoms with van der Waals surface area (Å²) in [5.74, 6) is -1.44. The number of nitrogens with one attached hydrogen (secondary N) is 1. The van der Waals surface area contributed by atoms with E-state index in [4.69, 9.17) is 0 Å². The van der Waals surface area contributed by atoms with Crippen LogP contribution in [-0.2, 0) is 14.8 Å². The van der Waals surface area contributed by atoms with Crippen LogP contribution in [0.25, 0.3) is 0 Å². The van der Waals surface area contributed by atoms with Crippen LogP contribution in [0, 0.1) is 0 Å². The van der Waals surface area contributed by atoms with Crippen LogP contribution in [0.1, 0.15) is 24.3 Å². The third-order valence-corrected chi connectivity index (χ3v) is 7.01. The molecule has 3 amide bonds. The number of sulfonamides is 1. The van der Waals surface area contributed by atoms with Crippen LogP contribution in [-0.4, -0.2) is 67.9 Å². The standard InChI is InChI=1S/C17H20F3N3O5S/c1-22-14(15(24)21-16(22)25)10-29(26,27)23-8-6-12(7-9-23)11-2-4-13(5-3-11)28-17(18,19)20/h2-5,12,14H,6-10H2,1H3,(H,21,24,25)/t14-/m1/s1. The van der Waals surface area contributed by atoms with Gasteiger partial charge in [-0.2, -0.15) is 0 Å². The monoisotopic (exact) mass is 435 g/mol. The number of halogens is 3. The van der Waals surface area contributed by atoms with Crippen LogP contribution in [0.4, 0.5) is 18.0 Å². The summed E-state index contributed by atoms with van der Waals surface area (Å²) in [7, 11) is -2.40. The average Bonchev–Trinajstić information content (AvgIpc) is 2.87. The smallest absolute Gasteiger partial charge is 0.406 e. The van der Waals surface area contributed by atoms with Crippen LogP contribution >= 0.6 is 0 Å². The second kappa shape index (κ2) is 7.82. The van der Waals surface area contributed by atoms with Gasteiger partial charge in [0.2, 0.25) is 10.0 Å². The van der Waals surface area contributed by atoms with Crippen molar-refractivity contribution < 1.29 is 35.9 Å². The van der Waals surface area contributed by atoms with Crippen LogP contribution < -0.4 is 10.1 Å². The Morgan fingerprint density at radius 2 is 1.72 bits per heavy atom. The SMILES string of the molecule is CN1C(=O)NC(=O)[C@H]1CS(=O)(=O)N1CCC(c2ccc(OC(F)(F)F)cc2)CC1. The van der Waals surface area contributed by atoms with Crippen LogP contribution in [0.15, 0.2) is 24.3 Å². The van der Waals surface area contributed by atoms with Gasteiger partial charge in [0.1, 0.15) is 11.8 Å². The van der Waals surface area contributed by atoms with Crippen molar-refractivity contribution in [1.29, 1.82) is 0 Å². The highest BCUT2D eigenvalue weighted by Crippen LogP contribution is 2.31. The van der Waals surface area contributed by atoms with Crippen LogP contribution in [0.5, 0.6) is 5.75 Å². The number of alkyl halides is 3. The van der Waals surface area contributed by atoms with Gasteiger partial charge in [0.05, 0.1) is 5.75 Å². The first-order valence-corrected chi connectivity index (χ1v) is 10.5. The Balaban J connectivity index is 1.58. The van der Waals surface area contributed by atoms with Crippen molar-refractivity contribution in [2.24, 2.45) is 0 Å². The molecule has 1 N–H and O–H groups in total. The van der Waals surface area contributed by atoms with E-state index in [0.717, 1.165) is 10.5 Å². The van der Waals surface area contributed by atoms with Gasteiger partial charge in [-0.25, -0.2) is 17.5 Å². The first kappa shape index (κ1) is 21.4. The van der Waals surface area contributed by atoms with E-state index in [1.54, 1.807) is 12.1 Å². The summed E-state index contributed by atoms with van der Waals surface area (Å²) < 4.78 is 67.1. The highest BCUT2D eigenvalue weighted by atomic mass is 32.2. The van der Waals surface area contributed by atoms with Gasteiger partial charge in [-0.3, -0.25) is 10.1 Å². The Hall–Kier alpha value is -2.34. The molecule has 12 heteroatoms. The van der Waals surface area contributed by atoms with Gasteiger partial charge >= 0.3 is 12.4 Å². The molecule has 0 aromatic heterocycles. The van der Waals surface area contributed by atoms with E-state index < -0.39 is 40.1 Å². The molecule has 3 rings (SSSR count). The first-order valence-electron chi connectivity index (χ1n) is 8.87. The number of piperidine rings is 1. The highest BCUT2D eigenvalue weighted by Gasteiger charge is 2.41. The van der Waals surface area contributed by atoms with Gasteiger partial charge in [0.15, 0.2) is 0 Å². The number of carbonyl (C=O) groups is 2. The largest absolute Gasteiger partial charge is 0.573 e. The Labute approximate surface area is 165 Å². The van der Waals surface area contributed by atoms with Crippen molar-refractivity contribution in [1.82, 2.24) is 14.5 Å². The van der Waals surface area contributed by atoms with E-state index in [0.29, 0.717) is 12.8 Å². The third kappa shape index (κ3) is 4.99. The van der Waals surface area contributed by atoms with Crippen molar-refractivity contribution in [3.63, 3.8) is 0 Å². The molecular formula is C17H20F3N3O5S. The van der Waals surface area contributed by atoms with Gasteiger partial charge < -0.3 is 9.64 Å². The zero-order chi connectivity index (χ0) is 21.4. The van der Waals surface area contributed by atoms with Gasteiger partial charge in [-0.1, -0.05) is 12.1 Å². The van der Waals surface area contributed by atoms with Crippen LogP contribution in [0.2, 0.25) is 0 Å². The van der Waals surface area contributed by atoms with Gasteiger partial charge in [-0.05, 0) is 36.5 Å². The number of nitrogens with zero attached hydrogens (tertiary/aromatic N) is 2. The van der Waals surface area contributed by atoms with E-state index in [1.165, 1.54) is 23.5 Å². The fourth-order valence-corrected chi connectivity index (χ4v) is 5.25. The number of imide groups is 1. The van der Waals surface area contributed by atoms with Crippen molar-refractivity contribution in [3.8, 4) is 5.75 Å². The summed E-state index contributed by atoms with van der Waals surface area (Å²) in [5.41, 5.74) is 0.803. The fraction of sp³-hybridized carbons (Fsp3) is 0.529. The molecule has 29 heavy (non-hydrogen) atoms. The lowest BCUT2D eigenvalue weighted by atomic mass is 9.90. The minimum Gasteiger partial charge on any atom is -0.406 e. The minimum absolute atomic E-state index is 0.000386. The second-order valence-corrected chi connectivity index (χ2v) is 9.00. The number of carbonyl (C=O) groups excluding carboxylic acids is 2. The van der Waals surface area contributed by atoms with Gasteiger partial charge in [-0.15, -0.1) is 13.2 Å². The molecule has 2 saturated heterocycles. The second-order valence-electron chi connectivity index (χ2n) is 6.99. The molecular weight excluding hydrogens is 415 g/mol. The summed E-state index contributed by atoms with van der Waals surface area (Å²) in [6.45, 7) is 0.444. The molecule has 1 atom stereocenters. The number of likely N-dealkylation sites (N-methyl/N-ethyl adjacent to an activating group) is 1. The normalized spacial score (nSPS) is 22.1. The maximum atomic E-state index is 12.6. The molecule has 160 valence electrons. The summed E-state index contributed by atoms with van der Waals surface area (Å²) in [5, 5.41) is 2.07. The summed E-state index contributed by atoms with van der Waals surface area (Å²) in [6, 6.07) is 3.85. The number of hydrogen-bond donors (Lipinski definition) is 1. The lowest BCUT2D eigenvalue weighted by Gasteiger charge is -2.32. The van der Waals surface area contributed by atoms with Gasteiger partial charge in [0, 0.05) is 20.1 Å². The van der Waals surface area contributed by atoms with Crippen molar-refractivity contribution in [3.05, 3.63) is 29.8 Å². The third-order valence-electron chi connectivity index (χ3n) is 5.12. The maximum absolute atomic E-state index is 12.6. The Bertz CT molecular complexity index is 881. The molecule has 0 bridgehead atoms. The molecule has 0 spiro atoms. The Morgan fingerprint density at radius 3 is 2.21 bits per heavy atom. The molecule has 8 nitrogen and oxygen atoms in total. The number of benzene rings is 1. The van der Waals surface area contributed by atoms with E-state index in [9.17, 15) is 31.2 Å². The molecule has 1 aromatic rings. The van der Waals surface area contributed by atoms with Crippen molar-refractivity contribution in [2.45, 2.75) is 31.2 Å². The molecule has 1 aromatic carbocycles. The molecule has 0 radical (unpaired) electrons. The highest BCUT2D eigenvalue weighted by molar-refractivity contribution is 7.89. The van der Waals surface area contributed by atoms with E-state index >= 15 is 0 Å². The summed E-state index contributed by atoms with van der Waals surface area (Å²) >= 11 is 0. The predicted octanol–water partition coefficient (Wildman–Crippen LogP) is 1.64. The lowest BCUT2D eigenvalue weighted by Crippen LogP contribution is -2.45. The molecule has 0 aliphatic carbocycles.